The molecule has 1 aromatic rings. The van der Waals surface area contributed by atoms with Crippen LogP contribution in [0.1, 0.15) is 18.4 Å². The Morgan fingerprint density at radius 2 is 2.00 bits per heavy atom. The summed E-state index contributed by atoms with van der Waals surface area (Å²) in [6, 6.07) is 6.50. The largest absolute Gasteiger partial charge is 0.491 e. The number of allylic oxidation sites excluding steroid dienone is 1. The van der Waals surface area contributed by atoms with Crippen LogP contribution in [0.4, 0.5) is 0 Å². The fourth-order valence-electron chi connectivity index (χ4n) is 3.34. The summed E-state index contributed by atoms with van der Waals surface area (Å²) in [4.78, 5) is 10.7. The molecule has 2 aliphatic carbocycles. The molecule has 1 fully saturated rings. The van der Waals surface area contributed by atoms with Crippen LogP contribution in [0.25, 0.3) is 0 Å². The molecule has 5 nitrogen and oxygen atoms in total. The Hall–Kier alpha value is -1.85. The fraction of sp³-hybridized carbons (Fsp3) is 0.500. The average molecular weight is 317 g/mol. The van der Waals surface area contributed by atoms with Crippen molar-refractivity contribution >= 4 is 5.97 Å². The van der Waals surface area contributed by atoms with Crippen molar-refractivity contribution in [3.05, 3.63) is 42.0 Å². The van der Waals surface area contributed by atoms with E-state index < -0.39 is 12.0 Å². The molecule has 0 heterocycles. The summed E-state index contributed by atoms with van der Waals surface area (Å²) >= 11 is 0. The first-order valence-corrected chi connectivity index (χ1v) is 8.12. The summed E-state index contributed by atoms with van der Waals surface area (Å²) in [7, 11) is 0. The maximum atomic E-state index is 10.7. The van der Waals surface area contributed by atoms with Crippen LogP contribution in [0.5, 0.6) is 5.75 Å². The molecule has 0 spiro atoms. The van der Waals surface area contributed by atoms with E-state index in [1.54, 1.807) is 0 Å². The number of carbonyl (C=O) groups is 1. The predicted octanol–water partition coefficient (Wildman–Crippen LogP) is 2.00. The zero-order valence-electron chi connectivity index (χ0n) is 13.1. The topological polar surface area (TPSA) is 81.8 Å². The molecule has 23 heavy (non-hydrogen) atoms. The van der Waals surface area contributed by atoms with Gasteiger partial charge < -0.3 is 20.3 Å². The Morgan fingerprint density at radius 3 is 2.61 bits per heavy atom. The van der Waals surface area contributed by atoms with E-state index in [-0.39, 0.29) is 0 Å². The van der Waals surface area contributed by atoms with Gasteiger partial charge in [-0.25, -0.2) is 0 Å². The molecule has 3 rings (SSSR count). The van der Waals surface area contributed by atoms with Gasteiger partial charge in [-0.05, 0) is 42.9 Å². The van der Waals surface area contributed by atoms with E-state index in [0.717, 1.165) is 23.7 Å². The normalized spacial score (nSPS) is 26.4. The molecule has 0 aromatic heterocycles. The van der Waals surface area contributed by atoms with Gasteiger partial charge in [-0.15, -0.1) is 0 Å². The van der Waals surface area contributed by atoms with Crippen LogP contribution in [0.2, 0.25) is 0 Å². The van der Waals surface area contributed by atoms with Gasteiger partial charge in [-0.2, -0.15) is 0 Å². The van der Waals surface area contributed by atoms with E-state index in [1.165, 1.54) is 6.42 Å². The summed E-state index contributed by atoms with van der Waals surface area (Å²) in [5, 5.41) is 8.80. The van der Waals surface area contributed by atoms with Gasteiger partial charge in [0.25, 0.3) is 0 Å². The van der Waals surface area contributed by atoms with Crippen LogP contribution in [-0.4, -0.2) is 36.4 Å². The highest BCUT2D eigenvalue weighted by Crippen LogP contribution is 2.40. The number of aliphatic carboxylic acids is 1. The lowest BCUT2D eigenvalue weighted by Crippen LogP contribution is -2.32. The van der Waals surface area contributed by atoms with Crippen LogP contribution in [0.15, 0.2) is 36.4 Å². The molecular formula is C18H23NO4. The van der Waals surface area contributed by atoms with Crippen molar-refractivity contribution < 1.29 is 19.4 Å². The highest BCUT2D eigenvalue weighted by Gasteiger charge is 2.36. The monoisotopic (exact) mass is 317 g/mol. The van der Waals surface area contributed by atoms with Crippen molar-refractivity contribution in [1.82, 2.24) is 0 Å². The second-order valence-corrected chi connectivity index (χ2v) is 6.33. The highest BCUT2D eigenvalue weighted by molar-refractivity contribution is 5.73. The molecule has 1 saturated carbocycles. The van der Waals surface area contributed by atoms with Gasteiger partial charge in [-0.1, -0.05) is 24.3 Å². The maximum absolute atomic E-state index is 10.7. The van der Waals surface area contributed by atoms with Crippen LogP contribution >= 0.6 is 0 Å². The minimum atomic E-state index is -0.988. The lowest BCUT2D eigenvalue weighted by atomic mass is 10.0. The molecule has 5 heteroatoms. The Morgan fingerprint density at radius 1 is 1.22 bits per heavy atom. The lowest BCUT2D eigenvalue weighted by Gasteiger charge is -2.19. The second-order valence-electron chi connectivity index (χ2n) is 6.33. The molecule has 2 bridgehead atoms. The first-order valence-electron chi connectivity index (χ1n) is 8.12. The number of hydrogen-bond acceptors (Lipinski definition) is 4. The van der Waals surface area contributed by atoms with E-state index in [2.05, 4.69) is 12.2 Å². The molecule has 4 atom stereocenters. The zero-order chi connectivity index (χ0) is 16.2. The SMILES string of the molecule is N[C@@H](Cc1ccc(OCCOC2CC3C=CC2C3)cc1)C(=O)O. The molecule has 3 N–H and O–H groups in total. The van der Waals surface area contributed by atoms with E-state index in [4.69, 9.17) is 20.3 Å². The van der Waals surface area contributed by atoms with Crippen molar-refractivity contribution in [2.45, 2.75) is 31.4 Å². The Balaban J connectivity index is 1.37. The summed E-state index contributed by atoms with van der Waals surface area (Å²) in [5.41, 5.74) is 6.40. The quantitative estimate of drug-likeness (QED) is 0.566. The molecule has 0 radical (unpaired) electrons. The predicted molar refractivity (Wildman–Crippen MR) is 86.3 cm³/mol. The van der Waals surface area contributed by atoms with Gasteiger partial charge in [0.2, 0.25) is 0 Å². The third-order valence-electron chi connectivity index (χ3n) is 4.60. The zero-order valence-corrected chi connectivity index (χ0v) is 13.1. The fourth-order valence-corrected chi connectivity index (χ4v) is 3.34. The number of nitrogens with two attached hydrogens (primary N) is 1. The number of ether oxygens (including phenoxy) is 2. The number of hydrogen-bond donors (Lipinski definition) is 2. The van der Waals surface area contributed by atoms with E-state index >= 15 is 0 Å². The number of carboxylic acids is 1. The van der Waals surface area contributed by atoms with Crippen LogP contribution in [-0.2, 0) is 16.0 Å². The van der Waals surface area contributed by atoms with Crippen molar-refractivity contribution in [2.75, 3.05) is 13.2 Å². The van der Waals surface area contributed by atoms with Crippen LogP contribution < -0.4 is 10.5 Å². The smallest absolute Gasteiger partial charge is 0.320 e. The van der Waals surface area contributed by atoms with Crippen molar-refractivity contribution in [3.63, 3.8) is 0 Å². The molecule has 3 unspecified atom stereocenters. The Labute approximate surface area is 136 Å². The average Bonchev–Trinajstić information content (AvgIpc) is 3.15. The molecule has 0 saturated heterocycles. The minimum Gasteiger partial charge on any atom is -0.491 e. The van der Waals surface area contributed by atoms with E-state index in [1.807, 2.05) is 24.3 Å². The van der Waals surface area contributed by atoms with Crippen LogP contribution in [0.3, 0.4) is 0 Å². The summed E-state index contributed by atoms with van der Waals surface area (Å²) in [6.07, 6.45) is 7.63. The third kappa shape index (κ3) is 4.12. The van der Waals surface area contributed by atoms with Gasteiger partial charge in [0, 0.05) is 5.92 Å². The van der Waals surface area contributed by atoms with Gasteiger partial charge in [0.1, 0.15) is 18.4 Å². The van der Waals surface area contributed by atoms with E-state index in [9.17, 15) is 4.79 Å². The number of benzene rings is 1. The molecule has 124 valence electrons. The molecule has 2 aliphatic rings. The van der Waals surface area contributed by atoms with Crippen molar-refractivity contribution in [3.8, 4) is 5.75 Å². The van der Waals surface area contributed by atoms with Gasteiger partial charge in [0.15, 0.2) is 0 Å². The molecular weight excluding hydrogens is 294 g/mol. The first-order chi connectivity index (χ1) is 11.1. The summed E-state index contributed by atoms with van der Waals surface area (Å²) in [5.74, 6) is 1.08. The molecule has 1 aromatic carbocycles. The van der Waals surface area contributed by atoms with Crippen molar-refractivity contribution in [2.24, 2.45) is 17.6 Å². The summed E-state index contributed by atoms with van der Waals surface area (Å²) in [6.45, 7) is 1.11. The molecule has 0 amide bonds. The standard InChI is InChI=1S/C18H23NO4/c19-16(18(20)21)10-12-2-5-15(6-3-12)22-7-8-23-17-11-13-1-4-14(17)9-13/h1-6,13-14,16-17H,7-11,19H2,(H,20,21)/t13?,14?,16-,17?/m0/s1. The second kappa shape index (κ2) is 7.15. The number of fused-ring (bicyclic) bond motifs is 2. The lowest BCUT2D eigenvalue weighted by molar-refractivity contribution is -0.138. The number of rotatable bonds is 8. The Kier molecular flexibility index (Phi) is 4.98. The van der Waals surface area contributed by atoms with E-state index in [0.29, 0.717) is 31.7 Å². The Bertz CT molecular complexity index is 569. The maximum Gasteiger partial charge on any atom is 0.320 e. The van der Waals surface area contributed by atoms with Gasteiger partial charge >= 0.3 is 5.97 Å². The summed E-state index contributed by atoms with van der Waals surface area (Å²) < 4.78 is 11.6. The highest BCUT2D eigenvalue weighted by atomic mass is 16.5. The first kappa shape index (κ1) is 16.0. The van der Waals surface area contributed by atoms with Crippen molar-refractivity contribution in [1.29, 1.82) is 0 Å². The minimum absolute atomic E-state index is 0.316. The number of carboxylic acid groups (broad SMARTS) is 1. The van der Waals surface area contributed by atoms with Gasteiger partial charge in [-0.3, -0.25) is 4.79 Å². The van der Waals surface area contributed by atoms with Crippen LogP contribution in [0, 0.1) is 11.8 Å². The molecule has 0 aliphatic heterocycles. The third-order valence-corrected chi connectivity index (χ3v) is 4.60. The van der Waals surface area contributed by atoms with Gasteiger partial charge in [0.05, 0.1) is 12.7 Å².